The number of hydrogen-bond acceptors (Lipinski definition) is 5. The highest BCUT2D eigenvalue weighted by atomic mass is 17.2. The molecular formula is C24H38O5. The van der Waals surface area contributed by atoms with Crippen molar-refractivity contribution in [3.63, 3.8) is 0 Å². The van der Waals surface area contributed by atoms with Crippen molar-refractivity contribution >= 4 is 5.97 Å². The normalized spacial score (nSPS) is 21.5. The Labute approximate surface area is 176 Å². The number of carbonyl (C=O) groups excluding carboxylic acids is 1. The molecule has 0 radical (unpaired) electrons. The summed E-state index contributed by atoms with van der Waals surface area (Å²) in [6.45, 7) is 3.75. The number of unbranched alkanes of at least 4 members (excludes halogenated alkanes) is 7. The van der Waals surface area contributed by atoms with Gasteiger partial charge in [0.25, 0.3) is 0 Å². The molecule has 1 aliphatic rings. The van der Waals surface area contributed by atoms with Gasteiger partial charge < -0.3 is 9.47 Å². The van der Waals surface area contributed by atoms with Crippen molar-refractivity contribution < 1.29 is 24.0 Å². The highest BCUT2D eigenvalue weighted by Crippen LogP contribution is 2.33. The van der Waals surface area contributed by atoms with Crippen molar-refractivity contribution in [2.45, 2.75) is 95.4 Å². The maximum absolute atomic E-state index is 11.3. The van der Waals surface area contributed by atoms with Gasteiger partial charge in [0.15, 0.2) is 0 Å². The van der Waals surface area contributed by atoms with E-state index in [0.717, 1.165) is 25.7 Å². The molecule has 2 atom stereocenters. The Kier molecular flexibility index (Phi) is 14.2. The molecule has 1 fully saturated rings. The molecule has 0 N–H and O–H groups in total. The minimum Gasteiger partial charge on any atom is -0.469 e. The number of methoxy groups -OCH3 is 2. The lowest BCUT2D eigenvalue weighted by Crippen LogP contribution is -2.42. The number of allylic oxidation sites excluding steroid dienone is 3. The zero-order chi connectivity index (χ0) is 21.2. The average molecular weight is 407 g/mol. The van der Waals surface area contributed by atoms with Crippen LogP contribution in [0.2, 0.25) is 0 Å². The molecule has 0 aliphatic carbocycles. The van der Waals surface area contributed by atoms with E-state index in [0.29, 0.717) is 19.3 Å². The third kappa shape index (κ3) is 11.9. The second kappa shape index (κ2) is 16.2. The summed E-state index contributed by atoms with van der Waals surface area (Å²) in [4.78, 5) is 22.2. The minimum absolute atomic E-state index is 0.198. The Morgan fingerprint density at radius 1 is 1.17 bits per heavy atom. The molecule has 0 spiro atoms. The molecule has 0 bridgehead atoms. The minimum atomic E-state index is -0.740. The second-order valence-electron chi connectivity index (χ2n) is 7.45. The lowest BCUT2D eigenvalue weighted by molar-refractivity contribution is -0.466. The van der Waals surface area contributed by atoms with Crippen molar-refractivity contribution in [1.82, 2.24) is 0 Å². The van der Waals surface area contributed by atoms with Crippen molar-refractivity contribution in [3.05, 3.63) is 24.8 Å². The summed E-state index contributed by atoms with van der Waals surface area (Å²) in [6.07, 6.45) is 18.4. The molecule has 1 rings (SSSR count). The van der Waals surface area contributed by atoms with Crippen molar-refractivity contribution in [2.24, 2.45) is 0 Å². The number of rotatable bonds is 14. The average Bonchev–Trinajstić information content (AvgIpc) is 2.75. The Morgan fingerprint density at radius 3 is 2.59 bits per heavy atom. The second-order valence-corrected chi connectivity index (χ2v) is 7.45. The number of esters is 1. The van der Waals surface area contributed by atoms with Crippen molar-refractivity contribution in [2.75, 3.05) is 14.2 Å². The van der Waals surface area contributed by atoms with Crippen LogP contribution in [0.3, 0.4) is 0 Å². The van der Waals surface area contributed by atoms with E-state index in [1.807, 2.05) is 12.2 Å². The maximum atomic E-state index is 11.3. The van der Waals surface area contributed by atoms with Gasteiger partial charge in [0.1, 0.15) is 6.10 Å². The SMILES string of the molecule is C=CCCCCCCC/C=C/C#CCCCC1(OC)CC[C@@H](CC(=O)OC)OO1. The molecule has 0 aromatic heterocycles. The van der Waals surface area contributed by atoms with Gasteiger partial charge in [-0.1, -0.05) is 43.3 Å². The molecule has 0 aromatic rings. The summed E-state index contributed by atoms with van der Waals surface area (Å²) in [5, 5.41) is 0. The Bertz CT molecular complexity index is 535. The number of ether oxygens (including phenoxy) is 2. The van der Waals surface area contributed by atoms with Gasteiger partial charge in [-0.25, -0.2) is 9.78 Å². The first-order valence-corrected chi connectivity index (χ1v) is 10.9. The number of hydrogen-bond donors (Lipinski definition) is 0. The van der Waals surface area contributed by atoms with Crippen molar-refractivity contribution in [3.8, 4) is 11.8 Å². The van der Waals surface area contributed by atoms with Gasteiger partial charge in [0.2, 0.25) is 5.79 Å². The summed E-state index contributed by atoms with van der Waals surface area (Å²) >= 11 is 0. The van der Waals surface area contributed by atoms with Gasteiger partial charge in [0.05, 0.1) is 13.5 Å². The van der Waals surface area contributed by atoms with Gasteiger partial charge in [-0.05, 0) is 44.6 Å². The van der Waals surface area contributed by atoms with Gasteiger partial charge in [0, 0.05) is 26.4 Å². The fraction of sp³-hybridized carbons (Fsp3) is 0.708. The maximum Gasteiger partial charge on any atom is 0.308 e. The van der Waals surface area contributed by atoms with Crippen LogP contribution < -0.4 is 0 Å². The standard InChI is InChI=1S/C24H38O5/c1-4-5-6-7-8-9-10-11-12-13-14-15-16-17-19-24(27-3)20-18-22(28-29-24)21-23(25)26-2/h4,12-13,22H,1,5-11,16-21H2,2-3H3/b13-12+/t22-,24?/m0/s1. The van der Waals surface area contributed by atoms with Crippen LogP contribution >= 0.6 is 0 Å². The molecule has 29 heavy (non-hydrogen) atoms. The Morgan fingerprint density at radius 2 is 1.93 bits per heavy atom. The molecule has 1 heterocycles. The first kappa shape index (κ1) is 25.4. The zero-order valence-electron chi connectivity index (χ0n) is 18.3. The lowest BCUT2D eigenvalue weighted by Gasteiger charge is -2.37. The molecular weight excluding hydrogens is 368 g/mol. The van der Waals surface area contributed by atoms with E-state index in [4.69, 9.17) is 14.5 Å². The van der Waals surface area contributed by atoms with Crippen LogP contribution in [-0.4, -0.2) is 32.1 Å². The van der Waals surface area contributed by atoms with E-state index < -0.39 is 5.79 Å². The Balaban J connectivity index is 2.11. The zero-order valence-corrected chi connectivity index (χ0v) is 18.3. The summed E-state index contributed by atoms with van der Waals surface area (Å²) < 4.78 is 10.2. The topological polar surface area (TPSA) is 54.0 Å². The van der Waals surface area contributed by atoms with E-state index in [9.17, 15) is 4.79 Å². The molecule has 5 nitrogen and oxygen atoms in total. The molecule has 1 saturated heterocycles. The van der Waals surface area contributed by atoms with Gasteiger partial charge in [-0.3, -0.25) is 4.79 Å². The van der Waals surface area contributed by atoms with Crippen LogP contribution in [0.25, 0.3) is 0 Å². The summed E-state index contributed by atoms with van der Waals surface area (Å²) in [7, 11) is 2.99. The third-order valence-electron chi connectivity index (χ3n) is 5.12. The van der Waals surface area contributed by atoms with Crippen LogP contribution in [0, 0.1) is 11.8 Å². The fourth-order valence-electron chi connectivity index (χ4n) is 3.24. The van der Waals surface area contributed by atoms with Gasteiger partial charge >= 0.3 is 5.97 Å². The first-order valence-electron chi connectivity index (χ1n) is 10.9. The predicted molar refractivity (Wildman–Crippen MR) is 115 cm³/mol. The number of carbonyl (C=O) groups is 1. The van der Waals surface area contributed by atoms with Crippen molar-refractivity contribution in [1.29, 1.82) is 0 Å². The van der Waals surface area contributed by atoms with Crippen LogP contribution in [0.15, 0.2) is 24.8 Å². The monoisotopic (exact) mass is 406 g/mol. The molecule has 0 aromatic carbocycles. The lowest BCUT2D eigenvalue weighted by atomic mass is 9.99. The van der Waals surface area contributed by atoms with Crippen LogP contribution in [-0.2, 0) is 24.0 Å². The molecule has 0 amide bonds. The van der Waals surface area contributed by atoms with Crippen LogP contribution in [0.5, 0.6) is 0 Å². The molecule has 1 aliphatic heterocycles. The molecule has 5 heteroatoms. The van der Waals surface area contributed by atoms with E-state index >= 15 is 0 Å². The molecule has 164 valence electrons. The van der Waals surface area contributed by atoms with Gasteiger partial charge in [-0.2, -0.15) is 0 Å². The molecule has 1 unspecified atom stereocenters. The van der Waals surface area contributed by atoms with Gasteiger partial charge in [-0.15, -0.1) is 6.58 Å². The van der Waals surface area contributed by atoms with E-state index in [1.54, 1.807) is 7.11 Å². The smallest absolute Gasteiger partial charge is 0.308 e. The van der Waals surface area contributed by atoms with E-state index in [2.05, 4.69) is 29.2 Å². The Hall–Kier alpha value is -1.61. The van der Waals surface area contributed by atoms with Crippen LogP contribution in [0.4, 0.5) is 0 Å². The van der Waals surface area contributed by atoms with E-state index in [1.165, 1.54) is 39.2 Å². The summed E-state index contributed by atoms with van der Waals surface area (Å²) in [5.74, 6) is 5.24. The van der Waals surface area contributed by atoms with E-state index in [-0.39, 0.29) is 18.5 Å². The summed E-state index contributed by atoms with van der Waals surface area (Å²) in [5.41, 5.74) is 0. The third-order valence-corrected chi connectivity index (χ3v) is 5.12. The molecule has 0 saturated carbocycles. The predicted octanol–water partition coefficient (Wildman–Crippen LogP) is 5.65. The quantitative estimate of drug-likeness (QED) is 0.123. The highest BCUT2D eigenvalue weighted by molar-refractivity contribution is 5.69. The summed E-state index contributed by atoms with van der Waals surface area (Å²) in [6, 6.07) is 0. The highest BCUT2D eigenvalue weighted by Gasteiger charge is 2.38. The van der Waals surface area contributed by atoms with Crippen LogP contribution in [0.1, 0.15) is 83.5 Å². The largest absolute Gasteiger partial charge is 0.469 e. The fourth-order valence-corrected chi connectivity index (χ4v) is 3.24. The first-order chi connectivity index (χ1) is 14.2.